The number of piperazine rings is 1. The van der Waals surface area contributed by atoms with E-state index in [1.165, 1.54) is 6.20 Å². The molecule has 0 atom stereocenters. The Hall–Kier alpha value is -2.27. The van der Waals surface area contributed by atoms with Crippen molar-refractivity contribution in [3.63, 3.8) is 0 Å². The summed E-state index contributed by atoms with van der Waals surface area (Å²) in [4.78, 5) is 9.65. The molecule has 1 aliphatic rings. The molecule has 3 aromatic rings. The minimum Gasteiger partial charge on any atom is -0.368 e. The standard InChI is InChI=1S/C20H19ClFN5S/c21-19-5-4-15(14-23)20(24-19)28-13-12-25-8-10-26(11-9-25)17-2-1-3-18-16(17)6-7-27(18)22/h1-7H,8-13H2. The van der Waals surface area contributed by atoms with Crippen LogP contribution in [0.1, 0.15) is 5.56 Å². The van der Waals surface area contributed by atoms with Crippen LogP contribution in [0.2, 0.25) is 5.15 Å². The van der Waals surface area contributed by atoms with E-state index in [1.54, 1.807) is 30.0 Å². The normalized spacial score (nSPS) is 15.1. The van der Waals surface area contributed by atoms with E-state index < -0.39 is 0 Å². The summed E-state index contributed by atoms with van der Waals surface area (Å²) in [5.74, 6) is 0.850. The third kappa shape index (κ3) is 3.95. The van der Waals surface area contributed by atoms with Crippen LogP contribution in [0.5, 0.6) is 0 Å². The van der Waals surface area contributed by atoms with Crippen LogP contribution in [0.15, 0.2) is 47.6 Å². The molecule has 144 valence electrons. The molecule has 0 radical (unpaired) electrons. The Labute approximate surface area is 172 Å². The molecule has 0 spiro atoms. The van der Waals surface area contributed by atoms with Crippen molar-refractivity contribution in [2.24, 2.45) is 0 Å². The molecule has 0 amide bonds. The van der Waals surface area contributed by atoms with Gasteiger partial charge in [-0.2, -0.15) is 10.1 Å². The smallest absolute Gasteiger partial charge is 0.130 e. The van der Waals surface area contributed by atoms with Crippen LogP contribution in [-0.4, -0.2) is 53.1 Å². The second-order valence-corrected chi connectivity index (χ2v) is 8.08. The molecule has 0 unspecified atom stereocenters. The third-order valence-electron chi connectivity index (χ3n) is 4.97. The highest BCUT2D eigenvalue weighted by Crippen LogP contribution is 2.29. The lowest BCUT2D eigenvalue weighted by Gasteiger charge is -2.36. The molecule has 0 N–H and O–H groups in total. The quantitative estimate of drug-likeness (QED) is 0.461. The van der Waals surface area contributed by atoms with Crippen molar-refractivity contribution in [2.75, 3.05) is 43.4 Å². The van der Waals surface area contributed by atoms with Crippen molar-refractivity contribution in [1.29, 1.82) is 5.26 Å². The number of benzene rings is 1. The number of hydrogen-bond acceptors (Lipinski definition) is 5. The summed E-state index contributed by atoms with van der Waals surface area (Å²) in [6.45, 7) is 4.62. The van der Waals surface area contributed by atoms with Gasteiger partial charge in [-0.3, -0.25) is 4.90 Å². The topological polar surface area (TPSA) is 48.1 Å². The van der Waals surface area contributed by atoms with Gasteiger partial charge < -0.3 is 4.90 Å². The zero-order valence-corrected chi connectivity index (χ0v) is 16.8. The Kier molecular flexibility index (Phi) is 5.72. The second-order valence-electron chi connectivity index (χ2n) is 6.61. The highest BCUT2D eigenvalue weighted by molar-refractivity contribution is 7.99. The molecule has 0 aliphatic carbocycles. The summed E-state index contributed by atoms with van der Waals surface area (Å²) >= 11 is 7.51. The van der Waals surface area contributed by atoms with Gasteiger partial charge in [0.15, 0.2) is 0 Å². The lowest BCUT2D eigenvalue weighted by Crippen LogP contribution is -2.47. The Morgan fingerprint density at radius 1 is 1.14 bits per heavy atom. The zero-order chi connectivity index (χ0) is 19.5. The van der Waals surface area contributed by atoms with E-state index >= 15 is 0 Å². The number of anilines is 1. The lowest BCUT2D eigenvalue weighted by atomic mass is 10.1. The molecular formula is C20H19ClFN5S. The fourth-order valence-corrected chi connectivity index (χ4v) is 4.66. The average Bonchev–Trinajstić information content (AvgIpc) is 3.10. The van der Waals surface area contributed by atoms with Gasteiger partial charge in [-0.25, -0.2) is 4.98 Å². The first-order valence-corrected chi connectivity index (χ1v) is 10.4. The highest BCUT2D eigenvalue weighted by Gasteiger charge is 2.19. The van der Waals surface area contributed by atoms with E-state index in [0.717, 1.165) is 49.6 Å². The van der Waals surface area contributed by atoms with E-state index in [4.69, 9.17) is 11.6 Å². The maximum Gasteiger partial charge on any atom is 0.130 e. The molecule has 0 bridgehead atoms. The molecule has 1 fully saturated rings. The molecule has 1 aliphatic heterocycles. The third-order valence-corrected chi connectivity index (χ3v) is 6.15. The monoisotopic (exact) mass is 415 g/mol. The van der Waals surface area contributed by atoms with E-state index in [9.17, 15) is 9.74 Å². The SMILES string of the molecule is N#Cc1ccc(Cl)nc1SCCN1CCN(c2cccc3c2ccn3F)CC1. The summed E-state index contributed by atoms with van der Waals surface area (Å²) < 4.78 is 13.8. The molecule has 28 heavy (non-hydrogen) atoms. The van der Waals surface area contributed by atoms with Crippen LogP contribution in [0.3, 0.4) is 0 Å². The number of hydrogen-bond donors (Lipinski definition) is 0. The minimum absolute atomic E-state index is 0.409. The van der Waals surface area contributed by atoms with Crippen molar-refractivity contribution in [2.45, 2.75) is 5.03 Å². The number of fused-ring (bicyclic) bond motifs is 1. The van der Waals surface area contributed by atoms with E-state index in [0.29, 0.717) is 26.0 Å². The van der Waals surface area contributed by atoms with Crippen LogP contribution in [0, 0.1) is 11.3 Å². The van der Waals surface area contributed by atoms with Crippen LogP contribution in [-0.2, 0) is 0 Å². The van der Waals surface area contributed by atoms with Gasteiger partial charge in [0.25, 0.3) is 0 Å². The van der Waals surface area contributed by atoms with Gasteiger partial charge in [0, 0.05) is 55.7 Å². The van der Waals surface area contributed by atoms with E-state index in [-0.39, 0.29) is 0 Å². The van der Waals surface area contributed by atoms with Gasteiger partial charge in [0.05, 0.1) is 11.1 Å². The van der Waals surface area contributed by atoms with Gasteiger partial charge in [-0.1, -0.05) is 22.1 Å². The van der Waals surface area contributed by atoms with E-state index in [1.807, 2.05) is 12.1 Å². The molecular weight excluding hydrogens is 397 g/mol. The average molecular weight is 416 g/mol. The first kappa shape index (κ1) is 19.1. The fourth-order valence-electron chi connectivity index (χ4n) is 3.49. The number of nitrogens with zero attached hydrogens (tertiary/aromatic N) is 5. The van der Waals surface area contributed by atoms with Gasteiger partial charge in [0.1, 0.15) is 16.2 Å². The van der Waals surface area contributed by atoms with Gasteiger partial charge in [0.2, 0.25) is 0 Å². The number of thioether (sulfide) groups is 1. The summed E-state index contributed by atoms with van der Waals surface area (Å²) in [5, 5.41) is 11.2. The zero-order valence-electron chi connectivity index (χ0n) is 15.2. The fraction of sp³-hybridized carbons (Fsp3) is 0.300. The van der Waals surface area contributed by atoms with Gasteiger partial charge >= 0.3 is 0 Å². The molecule has 0 saturated carbocycles. The maximum atomic E-state index is 13.8. The van der Waals surface area contributed by atoms with Crippen molar-refractivity contribution in [3.05, 3.63) is 53.3 Å². The summed E-state index contributed by atoms with van der Waals surface area (Å²) in [7, 11) is 0. The van der Waals surface area contributed by atoms with Crippen LogP contribution >= 0.6 is 23.4 Å². The summed E-state index contributed by atoms with van der Waals surface area (Å²) in [6, 6.07) is 13.1. The Morgan fingerprint density at radius 2 is 1.96 bits per heavy atom. The minimum atomic E-state index is 0.409. The number of nitriles is 1. The number of pyridine rings is 1. The molecule has 2 aromatic heterocycles. The molecule has 8 heteroatoms. The van der Waals surface area contributed by atoms with Gasteiger partial charge in [-0.05, 0) is 30.3 Å². The Bertz CT molecular complexity index is 1020. The van der Waals surface area contributed by atoms with Crippen LogP contribution in [0.4, 0.5) is 10.2 Å². The molecule has 4 rings (SSSR count). The molecule has 1 aromatic carbocycles. The first-order chi connectivity index (χ1) is 13.7. The van der Waals surface area contributed by atoms with E-state index in [2.05, 4.69) is 26.9 Å². The van der Waals surface area contributed by atoms with Crippen molar-refractivity contribution < 1.29 is 4.48 Å². The molecule has 5 nitrogen and oxygen atoms in total. The van der Waals surface area contributed by atoms with Crippen molar-refractivity contribution in [1.82, 2.24) is 14.7 Å². The lowest BCUT2D eigenvalue weighted by molar-refractivity contribution is 0.273. The molecule has 3 heterocycles. The number of halogens is 2. The highest BCUT2D eigenvalue weighted by atomic mass is 35.5. The van der Waals surface area contributed by atoms with Crippen LogP contribution < -0.4 is 4.90 Å². The van der Waals surface area contributed by atoms with Crippen LogP contribution in [0.25, 0.3) is 10.9 Å². The summed E-state index contributed by atoms with van der Waals surface area (Å²) in [5.41, 5.74) is 2.26. The van der Waals surface area contributed by atoms with Crippen molar-refractivity contribution in [3.8, 4) is 6.07 Å². The molecule has 1 saturated heterocycles. The summed E-state index contributed by atoms with van der Waals surface area (Å²) in [6.07, 6.45) is 1.46. The predicted molar refractivity (Wildman–Crippen MR) is 112 cm³/mol. The second kappa shape index (κ2) is 8.39. The first-order valence-electron chi connectivity index (χ1n) is 9.08. The Morgan fingerprint density at radius 3 is 2.75 bits per heavy atom. The maximum absolute atomic E-state index is 13.8. The van der Waals surface area contributed by atoms with Crippen molar-refractivity contribution >= 4 is 40.0 Å². The van der Waals surface area contributed by atoms with Gasteiger partial charge in [-0.15, -0.1) is 11.8 Å². The number of aromatic nitrogens is 2. The predicted octanol–water partition coefficient (Wildman–Crippen LogP) is 4.21. The Balaban J connectivity index is 1.32. The number of rotatable bonds is 5. The largest absolute Gasteiger partial charge is 0.368 e.